The van der Waals surface area contributed by atoms with Crippen LogP contribution >= 0.6 is 0 Å². The lowest BCUT2D eigenvalue weighted by atomic mass is 9.87. The van der Waals surface area contributed by atoms with Crippen LogP contribution in [0.2, 0.25) is 0 Å². The van der Waals surface area contributed by atoms with Crippen LogP contribution in [0.4, 0.5) is 5.69 Å². The van der Waals surface area contributed by atoms with E-state index >= 15 is 0 Å². The van der Waals surface area contributed by atoms with Gasteiger partial charge in [0, 0.05) is 34.9 Å². The number of hydrogen-bond donors (Lipinski definition) is 1. The summed E-state index contributed by atoms with van der Waals surface area (Å²) in [5.74, 6) is 1.20. The first kappa shape index (κ1) is 16.2. The van der Waals surface area contributed by atoms with Crippen LogP contribution in [-0.4, -0.2) is 16.4 Å². The molecule has 0 aromatic heterocycles. The Bertz CT molecular complexity index is 522. The lowest BCUT2D eigenvalue weighted by Crippen LogP contribution is -2.19. The van der Waals surface area contributed by atoms with Gasteiger partial charge in [-0.1, -0.05) is 31.4 Å². The third-order valence-electron chi connectivity index (χ3n) is 4.28. The van der Waals surface area contributed by atoms with E-state index in [0.29, 0.717) is 18.1 Å². The first-order valence-corrected chi connectivity index (χ1v) is 9.47. The van der Waals surface area contributed by atoms with Crippen LogP contribution in [0.15, 0.2) is 18.2 Å². The summed E-state index contributed by atoms with van der Waals surface area (Å²) >= 11 is 0. The fourth-order valence-electron chi connectivity index (χ4n) is 3.05. The summed E-state index contributed by atoms with van der Waals surface area (Å²) < 4.78 is 11.4. The molecule has 1 aromatic rings. The van der Waals surface area contributed by atoms with Crippen LogP contribution in [0, 0.1) is 12.8 Å². The molecule has 2 rings (SSSR count). The molecular formula is C17H25NO2S. The topological polar surface area (TPSA) is 46.2 Å². The second-order valence-corrected chi connectivity index (χ2v) is 7.50. The van der Waals surface area contributed by atoms with Crippen LogP contribution in [-0.2, 0) is 21.3 Å². The van der Waals surface area contributed by atoms with Crippen molar-refractivity contribution < 1.29 is 9.00 Å². The second kappa shape index (κ2) is 7.74. The van der Waals surface area contributed by atoms with Crippen molar-refractivity contribution >= 4 is 22.4 Å². The van der Waals surface area contributed by atoms with Gasteiger partial charge in [0.25, 0.3) is 0 Å². The Hall–Kier alpha value is -1.16. The van der Waals surface area contributed by atoms with Gasteiger partial charge in [0.1, 0.15) is 0 Å². The lowest BCUT2D eigenvalue weighted by molar-refractivity contribution is -0.117. The molecule has 4 heteroatoms. The number of rotatable bonds is 5. The minimum Gasteiger partial charge on any atom is -0.326 e. The lowest BCUT2D eigenvalue weighted by Gasteiger charge is -2.21. The van der Waals surface area contributed by atoms with Crippen molar-refractivity contribution in [1.82, 2.24) is 0 Å². The predicted molar refractivity (Wildman–Crippen MR) is 88.8 cm³/mol. The van der Waals surface area contributed by atoms with Crippen molar-refractivity contribution in [3.05, 3.63) is 29.3 Å². The Morgan fingerprint density at radius 2 is 2.00 bits per heavy atom. The summed E-state index contributed by atoms with van der Waals surface area (Å²) in [6.45, 7) is 1.98. The fraction of sp³-hybridized carbons (Fsp3) is 0.588. The molecule has 0 bridgehead atoms. The molecule has 3 nitrogen and oxygen atoms in total. The Morgan fingerprint density at radius 3 is 2.67 bits per heavy atom. The molecule has 1 N–H and O–H groups in total. The number of hydrogen-bond acceptors (Lipinski definition) is 2. The highest BCUT2D eigenvalue weighted by Gasteiger charge is 2.17. The zero-order valence-corrected chi connectivity index (χ0v) is 13.8. The van der Waals surface area contributed by atoms with Crippen molar-refractivity contribution in [1.29, 1.82) is 0 Å². The fourth-order valence-corrected chi connectivity index (χ4v) is 3.80. The molecule has 0 saturated heterocycles. The Balaban J connectivity index is 1.98. The van der Waals surface area contributed by atoms with Gasteiger partial charge in [0.2, 0.25) is 5.91 Å². The zero-order valence-electron chi connectivity index (χ0n) is 13.0. The van der Waals surface area contributed by atoms with E-state index in [2.05, 4.69) is 5.32 Å². The van der Waals surface area contributed by atoms with E-state index in [0.717, 1.165) is 16.8 Å². The number of carbonyl (C=O) groups excluding carboxylic acids is 1. The Labute approximate surface area is 130 Å². The van der Waals surface area contributed by atoms with Gasteiger partial charge in [-0.05, 0) is 42.9 Å². The van der Waals surface area contributed by atoms with Gasteiger partial charge in [0.15, 0.2) is 0 Å². The molecule has 0 spiro atoms. The molecule has 116 valence electrons. The zero-order chi connectivity index (χ0) is 15.2. The average molecular weight is 307 g/mol. The summed E-state index contributed by atoms with van der Waals surface area (Å²) in [5, 5.41) is 3.03. The molecule has 0 heterocycles. The van der Waals surface area contributed by atoms with Crippen molar-refractivity contribution in [2.45, 2.75) is 51.2 Å². The maximum atomic E-state index is 12.2. The molecule has 1 aliphatic carbocycles. The molecule has 1 fully saturated rings. The van der Waals surface area contributed by atoms with E-state index < -0.39 is 10.8 Å². The van der Waals surface area contributed by atoms with Gasteiger partial charge in [-0.2, -0.15) is 0 Å². The monoisotopic (exact) mass is 307 g/mol. The van der Waals surface area contributed by atoms with Gasteiger partial charge >= 0.3 is 0 Å². The summed E-state index contributed by atoms with van der Waals surface area (Å²) in [7, 11) is -0.866. The number of benzene rings is 1. The third-order valence-corrected chi connectivity index (χ3v) is 5.00. The molecule has 0 aliphatic heterocycles. The van der Waals surface area contributed by atoms with Crippen LogP contribution in [0.3, 0.4) is 0 Å². The quantitative estimate of drug-likeness (QED) is 0.899. The average Bonchev–Trinajstić information content (AvgIpc) is 2.44. The van der Waals surface area contributed by atoms with Gasteiger partial charge in [0.05, 0.1) is 0 Å². The number of carbonyl (C=O) groups is 1. The van der Waals surface area contributed by atoms with E-state index in [1.165, 1.54) is 32.1 Å². The molecule has 1 aliphatic rings. The van der Waals surface area contributed by atoms with Crippen molar-refractivity contribution in [3.63, 3.8) is 0 Å². The van der Waals surface area contributed by atoms with E-state index in [1.807, 2.05) is 25.1 Å². The highest BCUT2D eigenvalue weighted by atomic mass is 32.2. The molecule has 1 saturated carbocycles. The first-order chi connectivity index (χ1) is 10.1. The number of anilines is 1. The summed E-state index contributed by atoms with van der Waals surface area (Å²) in [4.78, 5) is 12.2. The number of amides is 1. The minimum atomic E-state index is -0.866. The third kappa shape index (κ3) is 4.95. The van der Waals surface area contributed by atoms with Crippen molar-refractivity contribution in [2.24, 2.45) is 5.92 Å². The van der Waals surface area contributed by atoms with E-state index in [-0.39, 0.29) is 5.91 Å². The molecule has 0 unspecified atom stereocenters. The Morgan fingerprint density at radius 1 is 1.29 bits per heavy atom. The normalized spacial score (nSPS) is 17.4. The standard InChI is InChI=1S/C17H25NO2S/c1-13-15(12-21(2)20)9-6-10-16(13)18-17(19)11-14-7-4-3-5-8-14/h6,9-10,14H,3-5,7-8,11-12H2,1-2H3,(H,18,19)/t21-/m1/s1. The van der Waals surface area contributed by atoms with E-state index in [1.54, 1.807) is 6.26 Å². The molecular weight excluding hydrogens is 282 g/mol. The van der Waals surface area contributed by atoms with Gasteiger partial charge in [-0.15, -0.1) is 0 Å². The molecule has 1 atom stereocenters. The van der Waals surface area contributed by atoms with Crippen LogP contribution < -0.4 is 5.32 Å². The van der Waals surface area contributed by atoms with Crippen molar-refractivity contribution in [2.75, 3.05) is 11.6 Å². The Kier molecular flexibility index (Phi) is 5.97. The maximum Gasteiger partial charge on any atom is 0.224 e. The number of nitrogens with one attached hydrogen (secondary N) is 1. The summed E-state index contributed by atoms with van der Waals surface area (Å²) in [6, 6.07) is 5.83. The van der Waals surface area contributed by atoms with E-state index in [9.17, 15) is 9.00 Å². The van der Waals surface area contributed by atoms with Gasteiger partial charge < -0.3 is 5.32 Å². The van der Waals surface area contributed by atoms with Gasteiger partial charge in [-0.25, -0.2) is 0 Å². The minimum absolute atomic E-state index is 0.111. The molecule has 1 aromatic carbocycles. The molecule has 1 amide bonds. The predicted octanol–water partition coefficient (Wildman–Crippen LogP) is 3.78. The van der Waals surface area contributed by atoms with Gasteiger partial charge in [-0.3, -0.25) is 9.00 Å². The molecule has 0 radical (unpaired) electrons. The first-order valence-electron chi connectivity index (χ1n) is 7.74. The van der Waals surface area contributed by atoms with Crippen LogP contribution in [0.1, 0.15) is 49.7 Å². The summed E-state index contributed by atoms with van der Waals surface area (Å²) in [5.41, 5.74) is 2.94. The SMILES string of the molecule is Cc1c(C[S@@](C)=O)cccc1NC(=O)CC1CCCCC1. The highest BCUT2D eigenvalue weighted by molar-refractivity contribution is 7.83. The smallest absolute Gasteiger partial charge is 0.224 e. The molecule has 21 heavy (non-hydrogen) atoms. The van der Waals surface area contributed by atoms with Crippen LogP contribution in [0.25, 0.3) is 0 Å². The largest absolute Gasteiger partial charge is 0.326 e. The maximum absolute atomic E-state index is 12.2. The second-order valence-electron chi connectivity index (χ2n) is 6.06. The van der Waals surface area contributed by atoms with Crippen molar-refractivity contribution in [3.8, 4) is 0 Å². The van der Waals surface area contributed by atoms with E-state index in [4.69, 9.17) is 0 Å². The van der Waals surface area contributed by atoms with Crippen LogP contribution in [0.5, 0.6) is 0 Å². The highest BCUT2D eigenvalue weighted by Crippen LogP contribution is 2.27. The summed E-state index contributed by atoms with van der Waals surface area (Å²) in [6.07, 6.45) is 8.52.